The number of hydrogen-bond acceptors (Lipinski definition) is 3. The second-order valence-corrected chi connectivity index (χ2v) is 2.00. The number of hydrogen-bond donors (Lipinski definition) is 1. The van der Waals surface area contributed by atoms with Crippen molar-refractivity contribution in [2.24, 2.45) is 0 Å². The molecule has 0 aliphatic rings. The van der Waals surface area contributed by atoms with Crippen molar-refractivity contribution in [2.75, 3.05) is 12.3 Å². The normalized spacial score (nSPS) is 18.6. The van der Waals surface area contributed by atoms with E-state index in [9.17, 15) is 0 Å². The van der Waals surface area contributed by atoms with Gasteiger partial charge in [0.15, 0.2) is 0 Å². The molecule has 3 nitrogen and oxygen atoms in total. The minimum absolute atomic E-state index is 0.133. The van der Waals surface area contributed by atoms with Crippen LogP contribution in [-0.4, -0.2) is 16.9 Å². The monoisotopic (exact) mass is 192 g/mol. The van der Waals surface area contributed by atoms with Crippen molar-refractivity contribution in [3.63, 3.8) is 0 Å². The number of nitrogens with one attached hydrogen (secondary N) is 1. The molecular formula is C5H6BrN3. The molecule has 0 bridgehead atoms. The SMILES string of the molecule is [2H]c1nc(NC([2H])([2H])[2H])nc([2H])c1Br. The summed E-state index contributed by atoms with van der Waals surface area (Å²) >= 11 is 2.92. The quantitative estimate of drug-likeness (QED) is 0.729. The van der Waals surface area contributed by atoms with Crippen LogP contribution in [0.2, 0.25) is 0 Å². The summed E-state index contributed by atoms with van der Waals surface area (Å²) in [4.78, 5) is 7.07. The topological polar surface area (TPSA) is 37.8 Å². The smallest absolute Gasteiger partial charge is 0.222 e. The van der Waals surface area contributed by atoms with Gasteiger partial charge >= 0.3 is 0 Å². The highest BCUT2D eigenvalue weighted by Crippen LogP contribution is 2.05. The summed E-state index contributed by atoms with van der Waals surface area (Å²) in [5.41, 5.74) is 0. The summed E-state index contributed by atoms with van der Waals surface area (Å²) in [6.45, 7) is -2.42. The first-order chi connectivity index (χ1) is 6.29. The summed E-state index contributed by atoms with van der Waals surface area (Å²) in [5, 5.41) is 2.01. The molecule has 0 radical (unpaired) electrons. The molecule has 0 aromatic carbocycles. The summed E-state index contributed by atoms with van der Waals surface area (Å²) in [6.07, 6.45) is -0.450. The zero-order valence-corrected chi connectivity index (χ0v) is 5.86. The lowest BCUT2D eigenvalue weighted by Crippen LogP contribution is -1.93. The number of halogens is 1. The molecule has 1 aromatic heterocycles. The molecule has 0 aliphatic heterocycles. The molecule has 0 fully saturated rings. The van der Waals surface area contributed by atoms with Crippen LogP contribution < -0.4 is 5.32 Å². The van der Waals surface area contributed by atoms with E-state index in [1.54, 1.807) is 0 Å². The third-order valence-corrected chi connectivity index (χ3v) is 0.986. The van der Waals surface area contributed by atoms with Crippen molar-refractivity contribution in [3.8, 4) is 0 Å². The molecule has 0 amide bonds. The molecule has 0 saturated heterocycles. The van der Waals surface area contributed by atoms with Crippen LogP contribution in [0.25, 0.3) is 0 Å². The molecule has 4 heteroatoms. The van der Waals surface area contributed by atoms with Gasteiger partial charge in [0.2, 0.25) is 5.95 Å². The van der Waals surface area contributed by atoms with Crippen LogP contribution in [0.15, 0.2) is 16.8 Å². The second-order valence-electron chi connectivity index (χ2n) is 1.21. The van der Waals surface area contributed by atoms with Gasteiger partial charge in [0.25, 0.3) is 0 Å². The maximum absolute atomic E-state index is 7.27. The molecule has 0 unspecified atom stereocenters. The minimum Gasteiger partial charge on any atom is -0.357 e. The summed E-state index contributed by atoms with van der Waals surface area (Å²) in [5.74, 6) is -0.247. The van der Waals surface area contributed by atoms with E-state index in [2.05, 4.69) is 25.9 Å². The summed E-state index contributed by atoms with van der Waals surface area (Å²) in [6, 6.07) is 0. The fourth-order valence-corrected chi connectivity index (χ4v) is 0.487. The van der Waals surface area contributed by atoms with Gasteiger partial charge in [0.1, 0.15) is 0 Å². The molecule has 0 aliphatic carbocycles. The van der Waals surface area contributed by atoms with E-state index in [4.69, 9.17) is 6.85 Å². The lowest BCUT2D eigenvalue weighted by molar-refractivity contribution is 1.14. The zero-order valence-electron chi connectivity index (χ0n) is 9.27. The van der Waals surface area contributed by atoms with Crippen LogP contribution in [-0.2, 0) is 0 Å². The number of nitrogens with zero attached hydrogens (tertiary/aromatic N) is 2. The second kappa shape index (κ2) is 2.77. The lowest BCUT2D eigenvalue weighted by atomic mass is 10.7. The first-order valence-electron chi connectivity index (χ1n) is 4.58. The van der Waals surface area contributed by atoms with E-state index < -0.39 is 6.98 Å². The van der Waals surface area contributed by atoms with E-state index in [-0.39, 0.29) is 22.8 Å². The van der Waals surface area contributed by atoms with Gasteiger partial charge in [0, 0.05) is 23.4 Å². The number of anilines is 1. The van der Waals surface area contributed by atoms with Gasteiger partial charge in [-0.15, -0.1) is 0 Å². The van der Waals surface area contributed by atoms with Crippen LogP contribution >= 0.6 is 15.9 Å². The Kier molecular flexibility index (Phi) is 0.782. The minimum atomic E-state index is -2.42. The van der Waals surface area contributed by atoms with E-state index in [0.717, 1.165) is 0 Å². The van der Waals surface area contributed by atoms with Gasteiger partial charge in [-0.3, -0.25) is 0 Å². The Morgan fingerprint density at radius 1 is 1.78 bits per heavy atom. The third kappa shape index (κ3) is 1.64. The van der Waals surface area contributed by atoms with Crippen LogP contribution in [0.4, 0.5) is 5.95 Å². The highest BCUT2D eigenvalue weighted by molar-refractivity contribution is 9.10. The Hall–Kier alpha value is -0.640. The maximum Gasteiger partial charge on any atom is 0.222 e. The van der Waals surface area contributed by atoms with Crippen molar-refractivity contribution in [1.29, 1.82) is 0 Å². The lowest BCUT2D eigenvalue weighted by Gasteiger charge is -1.94. The van der Waals surface area contributed by atoms with Crippen molar-refractivity contribution in [1.82, 2.24) is 9.97 Å². The van der Waals surface area contributed by atoms with Gasteiger partial charge in [-0.05, 0) is 15.9 Å². The molecule has 1 aromatic rings. The first kappa shape index (κ1) is 2.54. The molecule has 9 heavy (non-hydrogen) atoms. The molecule has 0 saturated carbocycles. The predicted octanol–water partition coefficient (Wildman–Crippen LogP) is 1.28. The first-order valence-corrected chi connectivity index (χ1v) is 2.88. The Morgan fingerprint density at radius 2 is 2.44 bits per heavy atom. The Balaban J connectivity index is 3.02. The van der Waals surface area contributed by atoms with Crippen LogP contribution in [0.3, 0.4) is 0 Å². The summed E-state index contributed by atoms with van der Waals surface area (Å²) < 4.78 is 35.3. The highest BCUT2D eigenvalue weighted by atomic mass is 79.9. The zero-order chi connectivity index (χ0) is 10.9. The summed E-state index contributed by atoms with van der Waals surface area (Å²) in [7, 11) is 0. The molecule has 1 N–H and O–H groups in total. The number of rotatable bonds is 1. The van der Waals surface area contributed by atoms with E-state index in [1.165, 1.54) is 0 Å². The van der Waals surface area contributed by atoms with E-state index in [0.29, 0.717) is 0 Å². The number of aromatic nitrogens is 2. The van der Waals surface area contributed by atoms with E-state index in [1.807, 2.05) is 5.32 Å². The van der Waals surface area contributed by atoms with E-state index >= 15 is 0 Å². The van der Waals surface area contributed by atoms with Crippen LogP contribution in [0.5, 0.6) is 0 Å². The standard InChI is InChI=1S/C5H6BrN3/c1-7-5-8-2-4(6)3-9-5/h2-3H,1H3,(H,7,8,9)/i1D3,2D,3D. The Morgan fingerprint density at radius 3 is 3.00 bits per heavy atom. The third-order valence-electron chi connectivity index (χ3n) is 0.632. The van der Waals surface area contributed by atoms with Crippen molar-refractivity contribution in [3.05, 3.63) is 16.8 Å². The highest BCUT2D eigenvalue weighted by Gasteiger charge is 1.88. The molecular weight excluding hydrogens is 182 g/mol. The van der Waals surface area contributed by atoms with Gasteiger partial charge in [-0.2, -0.15) is 0 Å². The van der Waals surface area contributed by atoms with Crippen molar-refractivity contribution < 1.29 is 6.85 Å². The Bertz CT molecular complexity index is 329. The van der Waals surface area contributed by atoms with Gasteiger partial charge < -0.3 is 5.32 Å². The molecule has 1 rings (SSSR count). The average Bonchev–Trinajstić information content (AvgIpc) is 1.96. The van der Waals surface area contributed by atoms with Crippen molar-refractivity contribution in [2.45, 2.75) is 0 Å². The largest absolute Gasteiger partial charge is 0.357 e. The maximum atomic E-state index is 7.27. The average molecular weight is 193 g/mol. The molecule has 0 spiro atoms. The molecule has 0 atom stereocenters. The fraction of sp³-hybridized carbons (Fsp3) is 0.200. The van der Waals surface area contributed by atoms with Gasteiger partial charge in [-0.25, -0.2) is 9.97 Å². The van der Waals surface area contributed by atoms with Gasteiger partial charge in [-0.1, -0.05) is 0 Å². The van der Waals surface area contributed by atoms with Crippen LogP contribution in [0, 0.1) is 0 Å². The Labute approximate surface area is 68.7 Å². The van der Waals surface area contributed by atoms with Gasteiger partial charge in [0.05, 0.1) is 7.21 Å². The van der Waals surface area contributed by atoms with Crippen LogP contribution in [0.1, 0.15) is 6.85 Å². The molecule has 1 heterocycles. The molecule has 48 valence electrons. The fourth-order valence-electron chi connectivity index (χ4n) is 0.310. The predicted molar refractivity (Wildman–Crippen MR) is 39.3 cm³/mol. The van der Waals surface area contributed by atoms with Crippen molar-refractivity contribution >= 4 is 21.9 Å².